The van der Waals surface area contributed by atoms with Gasteiger partial charge in [0, 0.05) is 19.3 Å². The molecule has 0 aromatic carbocycles. The molecule has 0 aromatic heterocycles. The van der Waals surface area contributed by atoms with Gasteiger partial charge in [-0.15, -0.1) is 0 Å². The Morgan fingerprint density at radius 3 is 1.38 bits per heavy atom. The van der Waals surface area contributed by atoms with Crippen LogP contribution in [0.2, 0.25) is 0 Å². The quantitative estimate of drug-likeness (QED) is 0.0228. The molecule has 12 heteroatoms. The molecule has 0 amide bonds. The molecule has 3 N–H and O–H groups in total. The lowest BCUT2D eigenvalue weighted by atomic mass is 9.98. The minimum absolute atomic E-state index is 0.0338. The van der Waals surface area contributed by atoms with Crippen molar-refractivity contribution in [3.05, 3.63) is 97.2 Å². The first kappa shape index (κ1) is 64.7. The topological polar surface area (TPSA) is 175 Å². The summed E-state index contributed by atoms with van der Waals surface area (Å²) in [6.45, 7) is 5.66. The molecular formula is C59H94O12. The van der Waals surface area contributed by atoms with E-state index in [1.165, 1.54) is 0 Å². The lowest BCUT2D eigenvalue weighted by molar-refractivity contribution is -0.301. The Balaban J connectivity index is 2.77. The molecule has 0 spiro atoms. The number of aliphatic hydroxyl groups is 2. The highest BCUT2D eigenvalue weighted by molar-refractivity contribution is 5.74. The number of allylic oxidation sites excluding steroid dienone is 16. The minimum atomic E-state index is -1.92. The summed E-state index contributed by atoms with van der Waals surface area (Å²) in [5, 5.41) is 31.4. The molecule has 1 fully saturated rings. The average molecular weight is 995 g/mol. The molecule has 1 rings (SSSR count). The SMILES string of the molecule is CC/C=C\C/C=C\C/C=C\C/C=C\CCCCC(=O)OCC(COC1OC(C(=O)O)C(O)C(O)C1OC(=O)CCCCCCC/C=C\C/C=C\CCC)OC(=O)CCCCCCC/C=C\C/C=C\CCC. The van der Waals surface area contributed by atoms with Crippen LogP contribution >= 0.6 is 0 Å². The molecule has 71 heavy (non-hydrogen) atoms. The van der Waals surface area contributed by atoms with Crippen molar-refractivity contribution in [1.82, 2.24) is 0 Å². The zero-order chi connectivity index (χ0) is 51.8. The number of hydrogen-bond donors (Lipinski definition) is 3. The smallest absolute Gasteiger partial charge is 0.335 e. The van der Waals surface area contributed by atoms with Crippen LogP contribution in [-0.2, 0) is 42.9 Å². The van der Waals surface area contributed by atoms with Crippen molar-refractivity contribution in [2.24, 2.45) is 0 Å². The molecule has 1 heterocycles. The van der Waals surface area contributed by atoms with Gasteiger partial charge in [0.15, 0.2) is 24.6 Å². The van der Waals surface area contributed by atoms with Crippen LogP contribution in [0.1, 0.15) is 201 Å². The van der Waals surface area contributed by atoms with Crippen molar-refractivity contribution < 1.29 is 58.2 Å². The summed E-state index contributed by atoms with van der Waals surface area (Å²) in [4.78, 5) is 50.9. The Kier molecular flexibility index (Phi) is 42.5. The van der Waals surface area contributed by atoms with Crippen LogP contribution < -0.4 is 0 Å². The molecule has 1 aliphatic rings. The van der Waals surface area contributed by atoms with E-state index >= 15 is 0 Å². The zero-order valence-corrected chi connectivity index (χ0v) is 43.9. The van der Waals surface area contributed by atoms with E-state index in [0.29, 0.717) is 19.3 Å². The van der Waals surface area contributed by atoms with Gasteiger partial charge in [-0.3, -0.25) is 14.4 Å². The van der Waals surface area contributed by atoms with Crippen LogP contribution in [-0.4, -0.2) is 89.2 Å². The predicted octanol–water partition coefficient (Wildman–Crippen LogP) is 13.3. The summed E-state index contributed by atoms with van der Waals surface area (Å²) in [7, 11) is 0. The molecule has 1 saturated heterocycles. The average Bonchev–Trinajstić information content (AvgIpc) is 3.35. The number of ether oxygens (including phenoxy) is 5. The Morgan fingerprint density at radius 2 is 0.887 bits per heavy atom. The summed E-state index contributed by atoms with van der Waals surface area (Å²) in [6, 6.07) is 0. The van der Waals surface area contributed by atoms with E-state index in [1.807, 2.05) is 0 Å². The number of carbonyl (C=O) groups is 4. The third-order valence-electron chi connectivity index (χ3n) is 11.6. The second-order valence-electron chi connectivity index (χ2n) is 18.1. The second kappa shape index (κ2) is 46.7. The van der Waals surface area contributed by atoms with Gasteiger partial charge >= 0.3 is 23.9 Å². The standard InChI is InChI=1S/C59H94O12/c1-4-7-10-13-16-19-22-25-26-29-30-33-36-39-42-45-51(60)67-48-50(69-52(61)46-43-40-37-34-31-27-23-20-17-14-11-8-5-2)49-68-59-57(55(64)54(63)56(71-59)58(65)66)70-53(62)47-44-41-38-35-32-28-24-21-18-15-12-9-6-3/h7,10-12,14-16,19-21,23-26,30,33,50,54-57,59,63-64H,4-6,8-9,13,17-18,22,27-29,31-32,34-49H2,1-3H3,(H,65,66)/b10-7-,14-11-,15-12-,19-16-,23-20-,24-21-,26-25-,33-30-. The van der Waals surface area contributed by atoms with Crippen LogP contribution in [0, 0.1) is 0 Å². The third kappa shape index (κ3) is 37.1. The highest BCUT2D eigenvalue weighted by Gasteiger charge is 2.50. The molecule has 1 aliphatic heterocycles. The lowest BCUT2D eigenvalue weighted by Crippen LogP contribution is -2.61. The fourth-order valence-corrected chi connectivity index (χ4v) is 7.43. The molecule has 6 atom stereocenters. The van der Waals surface area contributed by atoms with Gasteiger partial charge in [-0.2, -0.15) is 0 Å². The summed E-state index contributed by atoms with van der Waals surface area (Å²) in [5.41, 5.74) is 0. The van der Waals surface area contributed by atoms with Crippen molar-refractivity contribution in [2.45, 2.75) is 237 Å². The number of carbonyl (C=O) groups excluding carboxylic acids is 3. The molecule has 12 nitrogen and oxygen atoms in total. The number of carboxylic acids is 1. The Bertz CT molecular complexity index is 1610. The van der Waals surface area contributed by atoms with Gasteiger partial charge in [-0.05, 0) is 109 Å². The Hall–Kier alpha value is -4.36. The van der Waals surface area contributed by atoms with Crippen molar-refractivity contribution in [3.8, 4) is 0 Å². The molecule has 0 saturated carbocycles. The summed E-state index contributed by atoms with van der Waals surface area (Å²) < 4.78 is 28.3. The van der Waals surface area contributed by atoms with Crippen LogP contribution in [0.3, 0.4) is 0 Å². The zero-order valence-electron chi connectivity index (χ0n) is 43.9. The number of hydrogen-bond acceptors (Lipinski definition) is 11. The second-order valence-corrected chi connectivity index (χ2v) is 18.1. The first-order chi connectivity index (χ1) is 34.6. The predicted molar refractivity (Wildman–Crippen MR) is 284 cm³/mol. The fourth-order valence-electron chi connectivity index (χ4n) is 7.43. The summed E-state index contributed by atoms with van der Waals surface area (Å²) in [5.74, 6) is -3.23. The Labute approximate surface area is 428 Å². The maximum absolute atomic E-state index is 13.1. The van der Waals surface area contributed by atoms with Crippen molar-refractivity contribution in [3.63, 3.8) is 0 Å². The number of unbranched alkanes of at least 4 members (excludes halogenated alkanes) is 14. The van der Waals surface area contributed by atoms with E-state index in [9.17, 15) is 34.5 Å². The number of aliphatic carboxylic acids is 1. The normalized spacial score (nSPS) is 19.3. The van der Waals surface area contributed by atoms with Crippen LogP contribution in [0.25, 0.3) is 0 Å². The molecule has 6 unspecified atom stereocenters. The maximum atomic E-state index is 13.1. The van der Waals surface area contributed by atoms with E-state index in [4.69, 9.17) is 23.7 Å². The summed E-state index contributed by atoms with van der Waals surface area (Å²) in [6.07, 6.45) is 48.2. The van der Waals surface area contributed by atoms with Gasteiger partial charge in [-0.1, -0.05) is 169 Å². The molecule has 402 valence electrons. The van der Waals surface area contributed by atoms with Crippen LogP contribution in [0.5, 0.6) is 0 Å². The summed E-state index contributed by atoms with van der Waals surface area (Å²) >= 11 is 0. The van der Waals surface area contributed by atoms with Gasteiger partial charge in [0.05, 0.1) is 6.61 Å². The number of rotatable bonds is 44. The van der Waals surface area contributed by atoms with E-state index < -0.39 is 67.3 Å². The van der Waals surface area contributed by atoms with Gasteiger partial charge in [0.25, 0.3) is 0 Å². The van der Waals surface area contributed by atoms with Gasteiger partial charge in [-0.25, -0.2) is 4.79 Å². The fraction of sp³-hybridized carbons (Fsp3) is 0.661. The minimum Gasteiger partial charge on any atom is -0.479 e. The van der Waals surface area contributed by atoms with Crippen molar-refractivity contribution in [1.29, 1.82) is 0 Å². The van der Waals surface area contributed by atoms with E-state index in [2.05, 4.69) is 118 Å². The number of aliphatic hydroxyl groups excluding tert-OH is 2. The van der Waals surface area contributed by atoms with Gasteiger partial charge in [0.1, 0.15) is 18.8 Å². The maximum Gasteiger partial charge on any atom is 0.335 e. The van der Waals surface area contributed by atoms with E-state index in [-0.39, 0.29) is 25.9 Å². The third-order valence-corrected chi connectivity index (χ3v) is 11.6. The number of carboxylic acid groups (broad SMARTS) is 1. The molecular weight excluding hydrogens is 901 g/mol. The van der Waals surface area contributed by atoms with Gasteiger partial charge in [0.2, 0.25) is 0 Å². The molecule has 0 bridgehead atoms. The molecule has 0 radical (unpaired) electrons. The van der Waals surface area contributed by atoms with E-state index in [1.54, 1.807) is 0 Å². The largest absolute Gasteiger partial charge is 0.479 e. The lowest BCUT2D eigenvalue weighted by Gasteiger charge is -2.40. The monoisotopic (exact) mass is 995 g/mol. The van der Waals surface area contributed by atoms with Crippen LogP contribution in [0.15, 0.2) is 97.2 Å². The van der Waals surface area contributed by atoms with Crippen molar-refractivity contribution >= 4 is 23.9 Å². The highest BCUT2D eigenvalue weighted by Crippen LogP contribution is 2.26. The molecule has 0 aromatic rings. The first-order valence-corrected chi connectivity index (χ1v) is 27.2. The highest BCUT2D eigenvalue weighted by atomic mass is 16.7. The number of esters is 3. The first-order valence-electron chi connectivity index (χ1n) is 27.2. The Morgan fingerprint density at radius 1 is 0.479 bits per heavy atom. The van der Waals surface area contributed by atoms with Crippen LogP contribution in [0.4, 0.5) is 0 Å². The van der Waals surface area contributed by atoms with Crippen molar-refractivity contribution in [2.75, 3.05) is 13.2 Å². The van der Waals surface area contributed by atoms with E-state index in [0.717, 1.165) is 141 Å². The molecule has 0 aliphatic carbocycles. The van der Waals surface area contributed by atoms with Gasteiger partial charge < -0.3 is 39.0 Å².